The van der Waals surface area contributed by atoms with Gasteiger partial charge in [0.15, 0.2) is 0 Å². The third kappa shape index (κ3) is 4.19. The number of nitrogens with zero attached hydrogens (tertiary/aromatic N) is 1. The van der Waals surface area contributed by atoms with Gasteiger partial charge in [-0.2, -0.15) is 0 Å². The first-order chi connectivity index (χ1) is 10.2. The Balaban J connectivity index is 2.01. The number of piperidine rings is 1. The topological polar surface area (TPSA) is 15.3 Å². The Morgan fingerprint density at radius 1 is 1.29 bits per heavy atom. The van der Waals surface area contributed by atoms with Crippen molar-refractivity contribution in [2.24, 2.45) is 5.92 Å². The van der Waals surface area contributed by atoms with Crippen LogP contribution in [0.3, 0.4) is 0 Å². The molecule has 0 bridgehead atoms. The summed E-state index contributed by atoms with van der Waals surface area (Å²) in [6.07, 6.45) is 4.97. The molecule has 1 aliphatic rings. The third-order valence-corrected chi connectivity index (χ3v) is 4.63. The number of nitrogens with one attached hydrogen (secondary N) is 1. The van der Waals surface area contributed by atoms with Crippen LogP contribution in [0.15, 0.2) is 18.2 Å². The van der Waals surface area contributed by atoms with E-state index in [1.807, 2.05) is 6.07 Å². The molecule has 0 aromatic heterocycles. The predicted molar refractivity (Wildman–Crippen MR) is 88.3 cm³/mol. The Bertz CT molecular complexity index is 439. The first kappa shape index (κ1) is 16.3. The third-order valence-electron chi connectivity index (χ3n) is 4.63. The Hall–Kier alpha value is -1.09. The molecule has 2 rings (SSSR count). The minimum Gasteiger partial charge on any atom is -0.369 e. The summed E-state index contributed by atoms with van der Waals surface area (Å²) in [7, 11) is 0. The zero-order chi connectivity index (χ0) is 15.2. The van der Waals surface area contributed by atoms with Crippen molar-refractivity contribution in [3.63, 3.8) is 0 Å². The monoisotopic (exact) mass is 292 g/mol. The van der Waals surface area contributed by atoms with Gasteiger partial charge < -0.3 is 10.2 Å². The lowest BCUT2D eigenvalue weighted by molar-refractivity contribution is 0.376. The Kier molecular flexibility index (Phi) is 6.04. The molecular formula is C18H29FN2. The average Bonchev–Trinajstić information content (AvgIpc) is 2.49. The molecule has 0 aliphatic carbocycles. The molecule has 1 aliphatic heterocycles. The standard InChI is InChI=1S/C18H29FN2/c1-4-6-15-9-11-21(12-10-15)18-8-7-16(13-17(18)19)14(3)20-5-2/h7-8,13-15,20H,4-6,9-12H2,1-3H3. The molecule has 1 saturated heterocycles. The van der Waals surface area contributed by atoms with Gasteiger partial charge in [-0.3, -0.25) is 0 Å². The van der Waals surface area contributed by atoms with Crippen molar-refractivity contribution in [1.82, 2.24) is 5.32 Å². The zero-order valence-corrected chi connectivity index (χ0v) is 13.7. The SMILES string of the molecule is CCCC1CCN(c2ccc(C(C)NCC)cc2F)CC1. The van der Waals surface area contributed by atoms with Crippen molar-refractivity contribution in [3.05, 3.63) is 29.6 Å². The van der Waals surface area contributed by atoms with Gasteiger partial charge in [0.1, 0.15) is 5.82 Å². The molecule has 2 nitrogen and oxygen atoms in total. The van der Waals surface area contributed by atoms with Crippen LogP contribution in [0.4, 0.5) is 10.1 Å². The lowest BCUT2D eigenvalue weighted by Crippen LogP contribution is -2.34. The van der Waals surface area contributed by atoms with Gasteiger partial charge >= 0.3 is 0 Å². The minimum atomic E-state index is -0.0776. The molecule has 1 unspecified atom stereocenters. The van der Waals surface area contributed by atoms with Crippen molar-refractivity contribution in [2.75, 3.05) is 24.5 Å². The van der Waals surface area contributed by atoms with Crippen LogP contribution >= 0.6 is 0 Å². The molecule has 1 atom stereocenters. The second-order valence-corrected chi connectivity index (χ2v) is 6.21. The van der Waals surface area contributed by atoms with Crippen molar-refractivity contribution < 1.29 is 4.39 Å². The van der Waals surface area contributed by atoms with Gasteiger partial charge in [-0.1, -0.05) is 32.8 Å². The van der Waals surface area contributed by atoms with Gasteiger partial charge in [0, 0.05) is 19.1 Å². The molecule has 1 N–H and O–H groups in total. The Labute approximate surface area is 128 Å². The highest BCUT2D eigenvalue weighted by Gasteiger charge is 2.21. The maximum Gasteiger partial charge on any atom is 0.146 e. The summed E-state index contributed by atoms with van der Waals surface area (Å²) in [4.78, 5) is 2.21. The van der Waals surface area contributed by atoms with Crippen LogP contribution < -0.4 is 10.2 Å². The normalized spacial score (nSPS) is 18.0. The van der Waals surface area contributed by atoms with E-state index in [2.05, 4.69) is 37.1 Å². The molecule has 3 heteroatoms. The zero-order valence-electron chi connectivity index (χ0n) is 13.7. The summed E-state index contributed by atoms with van der Waals surface area (Å²) in [6, 6.07) is 5.91. The van der Waals surface area contributed by atoms with Crippen molar-refractivity contribution in [2.45, 2.75) is 52.5 Å². The van der Waals surface area contributed by atoms with E-state index < -0.39 is 0 Å². The van der Waals surface area contributed by atoms with Gasteiger partial charge in [0.05, 0.1) is 5.69 Å². The maximum atomic E-state index is 14.4. The molecule has 1 aromatic rings. The van der Waals surface area contributed by atoms with Crippen molar-refractivity contribution in [1.29, 1.82) is 0 Å². The smallest absolute Gasteiger partial charge is 0.146 e. The second kappa shape index (κ2) is 7.79. The number of hydrogen-bond acceptors (Lipinski definition) is 2. The maximum absolute atomic E-state index is 14.4. The van der Waals surface area contributed by atoms with Gasteiger partial charge in [0.2, 0.25) is 0 Å². The highest BCUT2D eigenvalue weighted by Crippen LogP contribution is 2.29. The first-order valence-corrected chi connectivity index (χ1v) is 8.43. The molecule has 1 aromatic carbocycles. The highest BCUT2D eigenvalue weighted by molar-refractivity contribution is 5.50. The van der Waals surface area contributed by atoms with Crippen LogP contribution in [-0.4, -0.2) is 19.6 Å². The Morgan fingerprint density at radius 2 is 2.00 bits per heavy atom. The fourth-order valence-electron chi connectivity index (χ4n) is 3.34. The fraction of sp³-hybridized carbons (Fsp3) is 0.667. The molecule has 1 fully saturated rings. The van der Waals surface area contributed by atoms with E-state index in [-0.39, 0.29) is 11.9 Å². The summed E-state index contributed by atoms with van der Waals surface area (Å²) < 4.78 is 14.4. The summed E-state index contributed by atoms with van der Waals surface area (Å²) >= 11 is 0. The molecule has 0 amide bonds. The molecule has 118 valence electrons. The summed E-state index contributed by atoms with van der Waals surface area (Å²) in [6.45, 7) is 9.27. The molecule has 21 heavy (non-hydrogen) atoms. The van der Waals surface area contributed by atoms with E-state index in [0.717, 1.165) is 36.8 Å². The van der Waals surface area contributed by atoms with E-state index in [0.29, 0.717) is 0 Å². The number of halogens is 1. The van der Waals surface area contributed by atoms with Gasteiger partial charge in [-0.05, 0) is 49.9 Å². The molecule has 0 radical (unpaired) electrons. The first-order valence-electron chi connectivity index (χ1n) is 8.43. The summed E-state index contributed by atoms with van der Waals surface area (Å²) in [5, 5.41) is 3.33. The van der Waals surface area contributed by atoms with Gasteiger partial charge in [-0.15, -0.1) is 0 Å². The molecule has 0 saturated carbocycles. The van der Waals surface area contributed by atoms with Crippen LogP contribution in [0.2, 0.25) is 0 Å². The van der Waals surface area contributed by atoms with Crippen LogP contribution in [0.1, 0.15) is 58.1 Å². The van der Waals surface area contributed by atoms with Gasteiger partial charge in [0.25, 0.3) is 0 Å². The minimum absolute atomic E-state index is 0.0776. The second-order valence-electron chi connectivity index (χ2n) is 6.21. The number of hydrogen-bond donors (Lipinski definition) is 1. The lowest BCUT2D eigenvalue weighted by Gasteiger charge is -2.34. The van der Waals surface area contributed by atoms with E-state index in [9.17, 15) is 4.39 Å². The van der Waals surface area contributed by atoms with Crippen LogP contribution in [-0.2, 0) is 0 Å². The fourth-order valence-corrected chi connectivity index (χ4v) is 3.34. The van der Waals surface area contributed by atoms with Gasteiger partial charge in [-0.25, -0.2) is 4.39 Å². The Morgan fingerprint density at radius 3 is 2.57 bits per heavy atom. The van der Waals surface area contributed by atoms with Crippen LogP contribution in [0.5, 0.6) is 0 Å². The van der Waals surface area contributed by atoms with E-state index in [4.69, 9.17) is 0 Å². The van der Waals surface area contributed by atoms with Crippen LogP contribution in [0.25, 0.3) is 0 Å². The summed E-state index contributed by atoms with van der Waals surface area (Å²) in [5.74, 6) is 0.758. The predicted octanol–water partition coefficient (Wildman–Crippen LogP) is 4.51. The molecular weight excluding hydrogens is 263 g/mol. The molecule has 0 spiro atoms. The lowest BCUT2D eigenvalue weighted by atomic mass is 9.92. The number of rotatable bonds is 6. The quantitative estimate of drug-likeness (QED) is 0.829. The highest BCUT2D eigenvalue weighted by atomic mass is 19.1. The van der Waals surface area contributed by atoms with E-state index >= 15 is 0 Å². The van der Waals surface area contributed by atoms with E-state index in [1.54, 1.807) is 6.07 Å². The van der Waals surface area contributed by atoms with Crippen molar-refractivity contribution >= 4 is 5.69 Å². The largest absolute Gasteiger partial charge is 0.369 e. The van der Waals surface area contributed by atoms with E-state index in [1.165, 1.54) is 25.7 Å². The number of anilines is 1. The average molecular weight is 292 g/mol. The van der Waals surface area contributed by atoms with Crippen molar-refractivity contribution in [3.8, 4) is 0 Å². The number of benzene rings is 1. The summed E-state index contributed by atoms with van der Waals surface area (Å²) in [5.41, 5.74) is 1.80. The van der Waals surface area contributed by atoms with Crippen LogP contribution in [0, 0.1) is 11.7 Å². The molecule has 1 heterocycles.